The van der Waals surface area contributed by atoms with Crippen LogP contribution in [0.4, 0.5) is 0 Å². The topological polar surface area (TPSA) is 45.8 Å². The number of nitrogens with one attached hydrogen (secondary N) is 1. The van der Waals surface area contributed by atoms with Crippen molar-refractivity contribution in [2.24, 2.45) is 0 Å². The molecule has 0 saturated heterocycles. The molecule has 86 valence electrons. The third-order valence-corrected chi connectivity index (χ3v) is 3.23. The number of thiophene rings is 1. The lowest BCUT2D eigenvalue weighted by Gasteiger charge is -1.99. The molecule has 0 aliphatic heterocycles. The van der Waals surface area contributed by atoms with Crippen LogP contribution >= 0.6 is 23.7 Å². The standard InChI is InChI=1S/C12H8N2OS.ClH/c15-12-11(10-6-3-7-16-10)13-8-4-1-2-5-9(8)14-12;/h1-7H,(H,14,15);1H. The molecule has 3 nitrogen and oxygen atoms in total. The van der Waals surface area contributed by atoms with Crippen molar-refractivity contribution < 1.29 is 0 Å². The number of aromatic nitrogens is 2. The molecule has 17 heavy (non-hydrogen) atoms. The highest BCUT2D eigenvalue weighted by Gasteiger charge is 2.07. The summed E-state index contributed by atoms with van der Waals surface area (Å²) in [6, 6.07) is 11.3. The summed E-state index contributed by atoms with van der Waals surface area (Å²) < 4.78 is 0. The molecular formula is C12H9ClN2OS. The van der Waals surface area contributed by atoms with Gasteiger partial charge in [0, 0.05) is 0 Å². The third-order valence-electron chi connectivity index (χ3n) is 2.35. The van der Waals surface area contributed by atoms with Crippen LogP contribution in [0.1, 0.15) is 0 Å². The van der Waals surface area contributed by atoms with Crippen molar-refractivity contribution in [2.75, 3.05) is 0 Å². The largest absolute Gasteiger partial charge is 0.319 e. The molecule has 0 unspecified atom stereocenters. The number of benzene rings is 1. The Morgan fingerprint density at radius 1 is 1.12 bits per heavy atom. The van der Waals surface area contributed by atoms with Crippen LogP contribution in [0.3, 0.4) is 0 Å². The van der Waals surface area contributed by atoms with Gasteiger partial charge in [-0.3, -0.25) is 4.79 Å². The van der Waals surface area contributed by atoms with Crippen LogP contribution in [0.2, 0.25) is 0 Å². The molecule has 0 radical (unpaired) electrons. The average Bonchev–Trinajstić information content (AvgIpc) is 2.81. The smallest absolute Gasteiger partial charge is 0.275 e. The molecule has 0 aliphatic carbocycles. The maximum absolute atomic E-state index is 11.8. The van der Waals surface area contributed by atoms with Gasteiger partial charge >= 0.3 is 0 Å². The van der Waals surface area contributed by atoms with Gasteiger partial charge < -0.3 is 4.98 Å². The predicted octanol–water partition coefficient (Wildman–Crippen LogP) is 3.07. The van der Waals surface area contributed by atoms with Crippen LogP contribution < -0.4 is 5.56 Å². The lowest BCUT2D eigenvalue weighted by molar-refractivity contribution is 1.23. The fourth-order valence-corrected chi connectivity index (χ4v) is 2.32. The summed E-state index contributed by atoms with van der Waals surface area (Å²) in [5.41, 5.74) is 1.94. The second-order valence-electron chi connectivity index (χ2n) is 3.41. The molecule has 3 rings (SSSR count). The first-order valence-electron chi connectivity index (χ1n) is 4.87. The number of fused-ring (bicyclic) bond motifs is 1. The lowest BCUT2D eigenvalue weighted by atomic mass is 10.3. The van der Waals surface area contributed by atoms with Gasteiger partial charge in [0.2, 0.25) is 0 Å². The second-order valence-corrected chi connectivity index (χ2v) is 4.36. The number of halogens is 1. The quantitative estimate of drug-likeness (QED) is 0.734. The van der Waals surface area contributed by atoms with Crippen LogP contribution in [-0.2, 0) is 0 Å². The number of aromatic amines is 1. The molecule has 1 aromatic carbocycles. The highest BCUT2D eigenvalue weighted by atomic mass is 35.5. The maximum Gasteiger partial charge on any atom is 0.275 e. The first kappa shape index (κ1) is 11.8. The van der Waals surface area contributed by atoms with Crippen molar-refractivity contribution in [3.8, 4) is 10.6 Å². The van der Waals surface area contributed by atoms with Gasteiger partial charge in [0.05, 0.1) is 15.9 Å². The summed E-state index contributed by atoms with van der Waals surface area (Å²) in [6.07, 6.45) is 0. The molecule has 3 aromatic rings. The molecule has 0 amide bonds. The van der Waals surface area contributed by atoms with Crippen LogP contribution in [0.15, 0.2) is 46.6 Å². The Balaban J connectivity index is 0.00000108. The fraction of sp³-hybridized carbons (Fsp3) is 0. The minimum absolute atomic E-state index is 0. The summed E-state index contributed by atoms with van der Waals surface area (Å²) in [4.78, 5) is 19.9. The summed E-state index contributed by atoms with van der Waals surface area (Å²) in [5.74, 6) is 0. The predicted molar refractivity (Wildman–Crippen MR) is 72.9 cm³/mol. The maximum atomic E-state index is 11.8. The number of H-pyrrole nitrogens is 1. The van der Waals surface area contributed by atoms with Gasteiger partial charge in [-0.05, 0) is 23.6 Å². The van der Waals surface area contributed by atoms with Crippen LogP contribution in [-0.4, -0.2) is 9.97 Å². The number of nitrogens with zero attached hydrogens (tertiary/aromatic N) is 1. The fourth-order valence-electron chi connectivity index (χ4n) is 1.61. The van der Waals surface area contributed by atoms with E-state index in [2.05, 4.69) is 9.97 Å². The van der Waals surface area contributed by atoms with E-state index in [1.165, 1.54) is 11.3 Å². The van der Waals surface area contributed by atoms with Crippen molar-refractivity contribution in [3.05, 3.63) is 52.1 Å². The highest BCUT2D eigenvalue weighted by Crippen LogP contribution is 2.20. The zero-order chi connectivity index (χ0) is 11.0. The number of hydrogen-bond donors (Lipinski definition) is 1. The first-order chi connectivity index (χ1) is 7.84. The van der Waals surface area contributed by atoms with Crippen molar-refractivity contribution >= 4 is 34.8 Å². The molecule has 0 fully saturated rings. The zero-order valence-corrected chi connectivity index (χ0v) is 10.3. The van der Waals surface area contributed by atoms with Crippen LogP contribution in [0, 0.1) is 0 Å². The lowest BCUT2D eigenvalue weighted by Crippen LogP contribution is -2.10. The van der Waals surface area contributed by atoms with Crippen LogP contribution in [0.25, 0.3) is 21.6 Å². The zero-order valence-electron chi connectivity index (χ0n) is 8.71. The molecule has 2 aromatic heterocycles. The van der Waals surface area contributed by atoms with Crippen molar-refractivity contribution in [2.45, 2.75) is 0 Å². The van der Waals surface area contributed by atoms with Gasteiger partial charge in [-0.2, -0.15) is 0 Å². The van der Waals surface area contributed by atoms with E-state index in [1.54, 1.807) is 0 Å². The number of hydrogen-bond acceptors (Lipinski definition) is 3. The molecule has 2 heterocycles. The van der Waals surface area contributed by atoms with E-state index in [4.69, 9.17) is 0 Å². The summed E-state index contributed by atoms with van der Waals surface area (Å²) in [6.45, 7) is 0. The van der Waals surface area contributed by atoms with Gasteiger partial charge in [0.25, 0.3) is 5.56 Å². The van der Waals surface area contributed by atoms with E-state index >= 15 is 0 Å². The second kappa shape index (κ2) is 4.69. The molecule has 0 aliphatic rings. The van der Waals surface area contributed by atoms with Crippen molar-refractivity contribution in [1.82, 2.24) is 9.97 Å². The Morgan fingerprint density at radius 2 is 1.94 bits per heavy atom. The summed E-state index contributed by atoms with van der Waals surface area (Å²) in [5, 5.41) is 1.94. The van der Waals surface area contributed by atoms with E-state index in [0.717, 1.165) is 15.9 Å². The highest BCUT2D eigenvalue weighted by molar-refractivity contribution is 7.13. The van der Waals surface area contributed by atoms with Crippen molar-refractivity contribution in [3.63, 3.8) is 0 Å². The molecule has 0 atom stereocenters. The summed E-state index contributed by atoms with van der Waals surface area (Å²) in [7, 11) is 0. The minimum Gasteiger partial charge on any atom is -0.319 e. The molecule has 5 heteroatoms. The van der Waals surface area contributed by atoms with E-state index in [-0.39, 0.29) is 18.0 Å². The average molecular weight is 265 g/mol. The summed E-state index contributed by atoms with van der Waals surface area (Å²) >= 11 is 1.52. The number of rotatable bonds is 1. The Labute approximate surface area is 108 Å². The molecule has 0 spiro atoms. The Bertz CT molecular complexity index is 691. The van der Waals surface area contributed by atoms with E-state index in [9.17, 15) is 4.79 Å². The SMILES string of the molecule is Cl.O=c1[nH]c2ccccc2nc1-c1cccs1. The van der Waals surface area contributed by atoms with E-state index in [0.29, 0.717) is 5.69 Å². The van der Waals surface area contributed by atoms with Crippen molar-refractivity contribution in [1.29, 1.82) is 0 Å². The Hall–Kier alpha value is -1.65. The van der Waals surface area contributed by atoms with Gasteiger partial charge in [-0.15, -0.1) is 23.7 Å². The van der Waals surface area contributed by atoms with E-state index < -0.39 is 0 Å². The molecule has 0 saturated carbocycles. The van der Waals surface area contributed by atoms with Gasteiger partial charge in [-0.25, -0.2) is 4.98 Å². The first-order valence-corrected chi connectivity index (χ1v) is 5.75. The molecular weight excluding hydrogens is 256 g/mol. The third kappa shape index (κ3) is 2.09. The number of para-hydroxylation sites is 2. The van der Waals surface area contributed by atoms with Gasteiger partial charge in [-0.1, -0.05) is 18.2 Å². The minimum atomic E-state index is -0.138. The Morgan fingerprint density at radius 3 is 2.71 bits per heavy atom. The molecule has 0 bridgehead atoms. The van der Waals surface area contributed by atoms with Gasteiger partial charge in [0.15, 0.2) is 0 Å². The monoisotopic (exact) mass is 264 g/mol. The van der Waals surface area contributed by atoms with Gasteiger partial charge in [0.1, 0.15) is 5.69 Å². The van der Waals surface area contributed by atoms with Crippen LogP contribution in [0.5, 0.6) is 0 Å². The Kier molecular flexibility index (Phi) is 3.26. The van der Waals surface area contributed by atoms with E-state index in [1.807, 2.05) is 41.8 Å². The molecule has 1 N–H and O–H groups in total. The normalized spacial score (nSPS) is 10.1.